The summed E-state index contributed by atoms with van der Waals surface area (Å²) in [5.41, 5.74) is 1.86. The van der Waals surface area contributed by atoms with E-state index in [1.54, 1.807) is 42.9 Å². The molecule has 0 aliphatic heterocycles. The lowest BCUT2D eigenvalue weighted by Gasteiger charge is -2.11. The van der Waals surface area contributed by atoms with Crippen molar-refractivity contribution in [2.75, 3.05) is 4.72 Å². The normalized spacial score (nSPS) is 11.6. The lowest BCUT2D eigenvalue weighted by Crippen LogP contribution is -2.15. The van der Waals surface area contributed by atoms with E-state index >= 15 is 0 Å². The van der Waals surface area contributed by atoms with Crippen LogP contribution in [0.2, 0.25) is 0 Å². The van der Waals surface area contributed by atoms with E-state index in [2.05, 4.69) is 14.8 Å². The summed E-state index contributed by atoms with van der Waals surface area (Å²) in [5, 5.41) is 4.90. The van der Waals surface area contributed by atoms with Gasteiger partial charge < -0.3 is 0 Å². The molecule has 0 bridgehead atoms. The van der Waals surface area contributed by atoms with Gasteiger partial charge in [0.1, 0.15) is 4.90 Å². The predicted molar refractivity (Wildman–Crippen MR) is 90.5 cm³/mol. The summed E-state index contributed by atoms with van der Waals surface area (Å²) >= 11 is 0. The minimum atomic E-state index is -3.87. The van der Waals surface area contributed by atoms with E-state index in [1.807, 2.05) is 0 Å². The Morgan fingerprint density at radius 3 is 2.67 bits per heavy atom. The summed E-state index contributed by atoms with van der Waals surface area (Å²) in [5.74, 6) is -0.218. The Balaban J connectivity index is 2.06. The van der Waals surface area contributed by atoms with Gasteiger partial charge in [-0.1, -0.05) is 12.1 Å². The first-order chi connectivity index (χ1) is 11.3. The van der Waals surface area contributed by atoms with Crippen LogP contribution in [0.25, 0.3) is 11.0 Å². The zero-order valence-corrected chi connectivity index (χ0v) is 14.3. The van der Waals surface area contributed by atoms with E-state index in [-0.39, 0.29) is 16.4 Å². The summed E-state index contributed by atoms with van der Waals surface area (Å²) in [4.78, 5) is 15.9. The average Bonchev–Trinajstić information content (AvgIpc) is 2.81. The van der Waals surface area contributed by atoms with Crippen molar-refractivity contribution in [2.45, 2.75) is 18.7 Å². The largest absolute Gasteiger partial charge is 0.294 e. The highest BCUT2D eigenvalue weighted by Gasteiger charge is 2.19. The van der Waals surface area contributed by atoms with Gasteiger partial charge >= 0.3 is 0 Å². The van der Waals surface area contributed by atoms with Gasteiger partial charge in [0.25, 0.3) is 10.0 Å². The van der Waals surface area contributed by atoms with E-state index in [4.69, 9.17) is 0 Å². The van der Waals surface area contributed by atoms with Gasteiger partial charge in [-0.05, 0) is 32.0 Å². The minimum absolute atomic E-state index is 0.0180. The van der Waals surface area contributed by atoms with Gasteiger partial charge in [-0.25, -0.2) is 13.4 Å². The number of nitrogens with zero attached hydrogens (tertiary/aromatic N) is 3. The minimum Gasteiger partial charge on any atom is -0.294 e. The Morgan fingerprint density at radius 2 is 1.96 bits per heavy atom. The number of nitrogens with one attached hydrogen (secondary N) is 1. The number of hydrogen-bond donors (Lipinski definition) is 1. The molecule has 0 aliphatic carbocycles. The van der Waals surface area contributed by atoms with E-state index in [0.29, 0.717) is 22.3 Å². The molecular weight excluding hydrogens is 328 g/mol. The second-order valence-electron chi connectivity index (χ2n) is 5.46. The molecule has 1 N–H and O–H groups in total. The molecule has 0 spiro atoms. The molecule has 2 heterocycles. The smallest absolute Gasteiger partial charge is 0.263 e. The van der Waals surface area contributed by atoms with Gasteiger partial charge in [0.15, 0.2) is 11.4 Å². The Kier molecular flexibility index (Phi) is 3.84. The van der Waals surface area contributed by atoms with Crippen molar-refractivity contribution in [3.63, 3.8) is 0 Å². The highest BCUT2D eigenvalue weighted by molar-refractivity contribution is 7.92. The number of aromatic nitrogens is 3. The molecule has 0 saturated carbocycles. The molecular formula is C16H16N4O3S. The van der Waals surface area contributed by atoms with Crippen LogP contribution in [0.5, 0.6) is 0 Å². The Bertz CT molecular complexity index is 1050. The van der Waals surface area contributed by atoms with Gasteiger partial charge in [0.05, 0.1) is 11.4 Å². The van der Waals surface area contributed by atoms with Crippen molar-refractivity contribution >= 4 is 32.5 Å². The van der Waals surface area contributed by atoms with Crippen molar-refractivity contribution in [2.24, 2.45) is 7.05 Å². The molecule has 0 saturated heterocycles. The fraction of sp³-hybridized carbons (Fsp3) is 0.188. The van der Waals surface area contributed by atoms with Crippen LogP contribution in [-0.4, -0.2) is 29.0 Å². The van der Waals surface area contributed by atoms with Crippen LogP contribution in [0, 0.1) is 6.92 Å². The third kappa shape index (κ3) is 2.76. The van der Waals surface area contributed by atoms with Gasteiger partial charge in [-0.2, -0.15) is 5.10 Å². The Labute approximate surface area is 139 Å². The molecule has 24 heavy (non-hydrogen) atoms. The molecule has 2 aromatic heterocycles. The van der Waals surface area contributed by atoms with Crippen molar-refractivity contribution in [1.29, 1.82) is 0 Å². The van der Waals surface area contributed by atoms with E-state index in [1.165, 1.54) is 19.2 Å². The van der Waals surface area contributed by atoms with Crippen LogP contribution in [-0.2, 0) is 17.1 Å². The number of Topliss-reactive ketones (excluding diaryl/α,β-unsaturated/α-hetero) is 1. The number of para-hydroxylation sites is 1. The summed E-state index contributed by atoms with van der Waals surface area (Å²) in [6.07, 6.45) is 1.28. The Morgan fingerprint density at radius 1 is 1.25 bits per heavy atom. The summed E-state index contributed by atoms with van der Waals surface area (Å²) in [6, 6.07) is 8.00. The number of fused-ring (bicyclic) bond motifs is 1. The summed E-state index contributed by atoms with van der Waals surface area (Å²) in [6.45, 7) is 3.18. The zero-order chi connectivity index (χ0) is 17.5. The Hall–Kier alpha value is -2.74. The second-order valence-corrected chi connectivity index (χ2v) is 7.14. The van der Waals surface area contributed by atoms with Crippen LogP contribution in [0.15, 0.2) is 41.4 Å². The van der Waals surface area contributed by atoms with Crippen molar-refractivity contribution in [3.05, 3.63) is 47.8 Å². The van der Waals surface area contributed by atoms with Gasteiger partial charge in [-0.3, -0.25) is 14.2 Å². The number of carbonyl (C=O) groups is 1. The van der Waals surface area contributed by atoms with Crippen LogP contribution < -0.4 is 4.72 Å². The van der Waals surface area contributed by atoms with Crippen molar-refractivity contribution in [3.8, 4) is 0 Å². The molecule has 3 rings (SSSR count). The topological polar surface area (TPSA) is 93.9 Å². The SMILES string of the molecule is CC(=O)c1ccccc1NS(=O)(=O)c1cnc2c(c1)c(C)nn2C. The number of benzene rings is 1. The number of pyridine rings is 1. The maximum atomic E-state index is 12.6. The number of sulfonamides is 1. The highest BCUT2D eigenvalue weighted by Crippen LogP contribution is 2.23. The lowest BCUT2D eigenvalue weighted by atomic mass is 10.1. The number of aryl methyl sites for hydroxylation is 2. The molecule has 3 aromatic rings. The highest BCUT2D eigenvalue weighted by atomic mass is 32.2. The number of rotatable bonds is 4. The van der Waals surface area contributed by atoms with E-state index in [0.717, 1.165) is 0 Å². The quantitative estimate of drug-likeness (QED) is 0.733. The molecule has 7 nitrogen and oxygen atoms in total. The maximum absolute atomic E-state index is 12.6. The predicted octanol–water partition coefficient (Wildman–Crippen LogP) is 2.28. The van der Waals surface area contributed by atoms with Crippen molar-refractivity contribution < 1.29 is 13.2 Å². The first-order valence-electron chi connectivity index (χ1n) is 7.22. The van der Waals surface area contributed by atoms with Crippen LogP contribution in [0.3, 0.4) is 0 Å². The maximum Gasteiger partial charge on any atom is 0.263 e. The van der Waals surface area contributed by atoms with Gasteiger partial charge in [0.2, 0.25) is 0 Å². The van der Waals surface area contributed by atoms with Crippen molar-refractivity contribution in [1.82, 2.24) is 14.8 Å². The van der Waals surface area contributed by atoms with Gasteiger partial charge in [-0.15, -0.1) is 0 Å². The molecule has 124 valence electrons. The zero-order valence-electron chi connectivity index (χ0n) is 13.4. The summed E-state index contributed by atoms with van der Waals surface area (Å²) in [7, 11) is -2.12. The number of hydrogen-bond acceptors (Lipinski definition) is 5. The van der Waals surface area contributed by atoms with Crippen LogP contribution in [0.4, 0.5) is 5.69 Å². The molecule has 0 aliphatic rings. The first kappa shape index (κ1) is 16.1. The van der Waals surface area contributed by atoms with Crippen LogP contribution in [0.1, 0.15) is 23.0 Å². The summed E-state index contributed by atoms with van der Waals surface area (Å²) < 4.78 is 29.4. The van der Waals surface area contributed by atoms with E-state index in [9.17, 15) is 13.2 Å². The lowest BCUT2D eigenvalue weighted by molar-refractivity contribution is 0.101. The molecule has 0 radical (unpaired) electrons. The standard InChI is InChI=1S/C16H16N4O3S/c1-10-14-8-12(9-17-16(14)20(3)18-10)24(22,23)19-15-7-5-4-6-13(15)11(2)21/h4-9,19H,1-3H3. The monoisotopic (exact) mass is 344 g/mol. The first-order valence-corrected chi connectivity index (χ1v) is 8.70. The third-order valence-electron chi connectivity index (χ3n) is 3.70. The number of carbonyl (C=O) groups excluding carboxylic acids is 1. The molecule has 0 unspecified atom stereocenters. The fourth-order valence-corrected chi connectivity index (χ4v) is 3.57. The molecule has 0 atom stereocenters. The molecule has 0 amide bonds. The molecule has 0 fully saturated rings. The van der Waals surface area contributed by atoms with Gasteiger partial charge in [0, 0.05) is 24.2 Å². The average molecular weight is 344 g/mol. The molecule has 1 aromatic carbocycles. The van der Waals surface area contributed by atoms with Crippen LogP contribution >= 0.6 is 0 Å². The number of ketones is 1. The fourth-order valence-electron chi connectivity index (χ4n) is 2.52. The third-order valence-corrected chi connectivity index (χ3v) is 5.03. The van der Waals surface area contributed by atoms with E-state index < -0.39 is 10.0 Å². The molecule has 8 heteroatoms. The second kappa shape index (κ2) is 5.72. The number of anilines is 1.